The standard InChI is InChI=1S/C11H12Cl2N2/c1-6(2)15-7(3)14-10-4-8(12)9(13)5-11(10)15/h4-6H,1-3H3. The molecule has 0 aliphatic heterocycles. The van der Waals surface area contributed by atoms with Crippen molar-refractivity contribution in [3.63, 3.8) is 0 Å². The maximum absolute atomic E-state index is 6.00. The van der Waals surface area contributed by atoms with Gasteiger partial charge in [-0.25, -0.2) is 4.98 Å². The smallest absolute Gasteiger partial charge is 0.106 e. The zero-order valence-electron chi connectivity index (χ0n) is 8.88. The molecule has 15 heavy (non-hydrogen) atoms. The average Bonchev–Trinajstić information content (AvgIpc) is 2.41. The summed E-state index contributed by atoms with van der Waals surface area (Å²) in [6.45, 7) is 6.23. The van der Waals surface area contributed by atoms with Crippen LogP contribution >= 0.6 is 23.2 Å². The largest absolute Gasteiger partial charge is 0.326 e. The van der Waals surface area contributed by atoms with E-state index in [0.29, 0.717) is 16.1 Å². The van der Waals surface area contributed by atoms with E-state index >= 15 is 0 Å². The Bertz CT molecular complexity index is 515. The maximum Gasteiger partial charge on any atom is 0.106 e. The summed E-state index contributed by atoms with van der Waals surface area (Å²) in [7, 11) is 0. The van der Waals surface area contributed by atoms with Crippen molar-refractivity contribution in [2.45, 2.75) is 26.8 Å². The minimum atomic E-state index is 0.368. The number of rotatable bonds is 1. The summed E-state index contributed by atoms with van der Waals surface area (Å²) in [6, 6.07) is 4.05. The quantitative estimate of drug-likeness (QED) is 0.732. The Kier molecular flexibility index (Phi) is 2.65. The lowest BCUT2D eigenvalue weighted by Gasteiger charge is -2.10. The van der Waals surface area contributed by atoms with E-state index in [-0.39, 0.29) is 0 Å². The lowest BCUT2D eigenvalue weighted by atomic mass is 10.3. The molecule has 0 N–H and O–H groups in total. The summed E-state index contributed by atoms with van der Waals surface area (Å²) in [4.78, 5) is 4.46. The van der Waals surface area contributed by atoms with Gasteiger partial charge in [0, 0.05) is 6.04 Å². The Labute approximate surface area is 98.8 Å². The Morgan fingerprint density at radius 1 is 1.20 bits per heavy atom. The zero-order chi connectivity index (χ0) is 11.2. The molecule has 0 aliphatic carbocycles. The van der Waals surface area contributed by atoms with Gasteiger partial charge in [-0.1, -0.05) is 23.2 Å². The Morgan fingerprint density at radius 2 is 1.80 bits per heavy atom. The van der Waals surface area contributed by atoms with Crippen molar-refractivity contribution in [3.8, 4) is 0 Å². The predicted octanol–water partition coefficient (Wildman–Crippen LogP) is 4.23. The van der Waals surface area contributed by atoms with Crippen molar-refractivity contribution in [1.82, 2.24) is 9.55 Å². The minimum absolute atomic E-state index is 0.368. The average molecular weight is 243 g/mol. The number of imidazole rings is 1. The summed E-state index contributed by atoms with van der Waals surface area (Å²) < 4.78 is 2.15. The van der Waals surface area contributed by atoms with Crippen molar-refractivity contribution in [3.05, 3.63) is 28.0 Å². The SMILES string of the molecule is Cc1nc2cc(Cl)c(Cl)cc2n1C(C)C. The Morgan fingerprint density at radius 3 is 2.40 bits per heavy atom. The van der Waals surface area contributed by atoms with Gasteiger partial charge in [-0.15, -0.1) is 0 Å². The van der Waals surface area contributed by atoms with Crippen molar-refractivity contribution < 1.29 is 0 Å². The van der Waals surface area contributed by atoms with Crippen molar-refractivity contribution in [1.29, 1.82) is 0 Å². The van der Waals surface area contributed by atoms with Gasteiger partial charge in [-0.2, -0.15) is 0 Å². The molecule has 2 aromatic rings. The van der Waals surface area contributed by atoms with E-state index in [1.807, 2.05) is 19.1 Å². The lowest BCUT2D eigenvalue weighted by Crippen LogP contribution is -2.02. The molecule has 0 unspecified atom stereocenters. The molecule has 0 saturated heterocycles. The highest BCUT2D eigenvalue weighted by molar-refractivity contribution is 6.42. The molecule has 0 saturated carbocycles. The molecule has 2 nitrogen and oxygen atoms in total. The molecule has 0 atom stereocenters. The molecule has 1 heterocycles. The second kappa shape index (κ2) is 3.69. The third kappa shape index (κ3) is 1.72. The third-order valence-electron chi connectivity index (χ3n) is 2.42. The number of fused-ring (bicyclic) bond motifs is 1. The number of nitrogens with zero attached hydrogens (tertiary/aromatic N) is 2. The molecular formula is C11H12Cl2N2. The fraction of sp³-hybridized carbons (Fsp3) is 0.364. The topological polar surface area (TPSA) is 17.8 Å². The highest BCUT2D eigenvalue weighted by Crippen LogP contribution is 2.29. The van der Waals surface area contributed by atoms with E-state index < -0.39 is 0 Å². The first-order chi connectivity index (χ1) is 7.00. The summed E-state index contributed by atoms with van der Waals surface area (Å²) in [5, 5.41) is 1.13. The maximum atomic E-state index is 6.00. The monoisotopic (exact) mass is 242 g/mol. The molecule has 1 aromatic carbocycles. The molecule has 80 valence electrons. The van der Waals surface area contributed by atoms with Crippen LogP contribution in [-0.2, 0) is 0 Å². The summed E-state index contributed by atoms with van der Waals surface area (Å²) in [5.41, 5.74) is 1.94. The van der Waals surface area contributed by atoms with E-state index in [4.69, 9.17) is 23.2 Å². The van der Waals surface area contributed by atoms with Gasteiger partial charge in [0.25, 0.3) is 0 Å². The van der Waals surface area contributed by atoms with Gasteiger partial charge >= 0.3 is 0 Å². The molecule has 0 amide bonds. The predicted molar refractivity (Wildman–Crippen MR) is 64.9 cm³/mol. The molecule has 1 aromatic heterocycles. The zero-order valence-corrected chi connectivity index (χ0v) is 10.4. The van der Waals surface area contributed by atoms with Crippen molar-refractivity contribution >= 4 is 34.2 Å². The minimum Gasteiger partial charge on any atom is -0.326 e. The van der Waals surface area contributed by atoms with Crippen LogP contribution in [0.1, 0.15) is 25.7 Å². The molecule has 0 bridgehead atoms. The fourth-order valence-corrected chi connectivity index (χ4v) is 2.18. The van der Waals surface area contributed by atoms with Crippen LogP contribution < -0.4 is 0 Å². The van der Waals surface area contributed by atoms with Gasteiger partial charge < -0.3 is 4.57 Å². The molecule has 0 radical (unpaired) electrons. The van der Waals surface area contributed by atoms with Gasteiger partial charge in [-0.3, -0.25) is 0 Å². The Hall–Kier alpha value is -0.730. The van der Waals surface area contributed by atoms with Crippen LogP contribution in [-0.4, -0.2) is 9.55 Å². The first-order valence-corrected chi connectivity index (χ1v) is 5.60. The summed E-state index contributed by atoms with van der Waals surface area (Å²) >= 11 is 11.9. The van der Waals surface area contributed by atoms with Crippen LogP contribution in [0.2, 0.25) is 10.0 Å². The van der Waals surface area contributed by atoms with Crippen LogP contribution in [0, 0.1) is 6.92 Å². The second-order valence-electron chi connectivity index (χ2n) is 3.88. The highest BCUT2D eigenvalue weighted by atomic mass is 35.5. The first-order valence-electron chi connectivity index (χ1n) is 4.84. The van der Waals surface area contributed by atoms with Crippen LogP contribution in [0.3, 0.4) is 0 Å². The van der Waals surface area contributed by atoms with E-state index in [0.717, 1.165) is 16.9 Å². The lowest BCUT2D eigenvalue weighted by molar-refractivity contribution is 0.600. The van der Waals surface area contributed by atoms with Crippen LogP contribution in [0.5, 0.6) is 0 Å². The highest BCUT2D eigenvalue weighted by Gasteiger charge is 2.11. The second-order valence-corrected chi connectivity index (χ2v) is 4.69. The van der Waals surface area contributed by atoms with Crippen molar-refractivity contribution in [2.24, 2.45) is 0 Å². The summed E-state index contributed by atoms with van der Waals surface area (Å²) in [5.74, 6) is 0.985. The number of aromatic nitrogens is 2. The van der Waals surface area contributed by atoms with E-state index in [1.54, 1.807) is 0 Å². The van der Waals surface area contributed by atoms with Crippen LogP contribution in [0.15, 0.2) is 12.1 Å². The van der Waals surface area contributed by atoms with Gasteiger partial charge in [0.2, 0.25) is 0 Å². The molecule has 0 aliphatic rings. The number of aryl methyl sites for hydroxylation is 1. The van der Waals surface area contributed by atoms with Gasteiger partial charge in [0.15, 0.2) is 0 Å². The number of halogens is 2. The Balaban J connectivity index is 2.81. The van der Waals surface area contributed by atoms with Gasteiger partial charge in [0.1, 0.15) is 5.82 Å². The van der Waals surface area contributed by atoms with Crippen LogP contribution in [0.4, 0.5) is 0 Å². The van der Waals surface area contributed by atoms with Crippen molar-refractivity contribution in [2.75, 3.05) is 0 Å². The summed E-state index contributed by atoms with van der Waals surface area (Å²) in [6.07, 6.45) is 0. The fourth-order valence-electron chi connectivity index (χ4n) is 1.86. The number of benzene rings is 1. The van der Waals surface area contributed by atoms with E-state index in [9.17, 15) is 0 Å². The normalized spacial score (nSPS) is 11.6. The number of hydrogen-bond acceptors (Lipinski definition) is 1. The molecule has 2 rings (SSSR count). The van der Waals surface area contributed by atoms with E-state index in [1.165, 1.54) is 0 Å². The molecular weight excluding hydrogens is 231 g/mol. The molecule has 0 fully saturated rings. The van der Waals surface area contributed by atoms with Crippen LogP contribution in [0.25, 0.3) is 11.0 Å². The van der Waals surface area contributed by atoms with E-state index in [2.05, 4.69) is 23.4 Å². The first kappa shape index (κ1) is 10.8. The molecule has 0 spiro atoms. The third-order valence-corrected chi connectivity index (χ3v) is 3.15. The number of hydrogen-bond donors (Lipinski definition) is 0. The van der Waals surface area contributed by atoms with Gasteiger partial charge in [-0.05, 0) is 32.9 Å². The van der Waals surface area contributed by atoms with Gasteiger partial charge in [0.05, 0.1) is 21.1 Å². The molecule has 4 heteroatoms.